The third kappa shape index (κ3) is 3.87. The second kappa shape index (κ2) is 5.37. The van der Waals surface area contributed by atoms with Gasteiger partial charge in [-0.3, -0.25) is 4.79 Å². The van der Waals surface area contributed by atoms with Gasteiger partial charge in [0.1, 0.15) is 0 Å². The zero-order valence-electron chi connectivity index (χ0n) is 8.05. The Morgan fingerprint density at radius 2 is 2.19 bits per heavy atom. The molecule has 8 heteroatoms. The summed E-state index contributed by atoms with van der Waals surface area (Å²) in [5.74, 6) is -1.06. The number of nitrogens with zero attached hydrogens (tertiary/aromatic N) is 1. The molecule has 0 saturated carbocycles. The minimum atomic E-state index is -3.72. The van der Waals surface area contributed by atoms with Gasteiger partial charge in [-0.1, -0.05) is 0 Å². The van der Waals surface area contributed by atoms with E-state index in [1.54, 1.807) is 6.07 Å². The number of aromatic nitrogens is 1. The second-order valence-corrected chi connectivity index (χ2v) is 5.49. The standard InChI is InChI=1S/C8H9BrN2O4S/c9-6-1-2-7(10-5-6)16(14,15)11-4-3-8(12)13/h1-2,5,11H,3-4H2,(H,12,13). The smallest absolute Gasteiger partial charge is 0.304 e. The lowest BCUT2D eigenvalue weighted by molar-refractivity contribution is -0.136. The van der Waals surface area contributed by atoms with Crippen LogP contribution in [0.4, 0.5) is 0 Å². The topological polar surface area (TPSA) is 96.4 Å². The average Bonchev–Trinajstić information content (AvgIpc) is 2.17. The molecule has 6 nitrogen and oxygen atoms in total. The summed E-state index contributed by atoms with van der Waals surface area (Å²) in [6.45, 7) is -0.157. The van der Waals surface area contributed by atoms with Crippen LogP contribution in [0.3, 0.4) is 0 Å². The lowest BCUT2D eigenvalue weighted by atomic mass is 10.5. The molecule has 0 radical (unpaired) electrons. The van der Waals surface area contributed by atoms with E-state index in [2.05, 4.69) is 25.6 Å². The van der Waals surface area contributed by atoms with Gasteiger partial charge in [0.25, 0.3) is 10.0 Å². The van der Waals surface area contributed by atoms with Gasteiger partial charge < -0.3 is 5.11 Å². The van der Waals surface area contributed by atoms with Crippen molar-refractivity contribution in [3.63, 3.8) is 0 Å². The summed E-state index contributed by atoms with van der Waals surface area (Å²) in [6, 6.07) is 2.87. The third-order valence-corrected chi connectivity index (χ3v) is 3.45. The molecule has 0 aliphatic heterocycles. The second-order valence-electron chi connectivity index (χ2n) is 2.86. The van der Waals surface area contributed by atoms with E-state index in [9.17, 15) is 13.2 Å². The minimum Gasteiger partial charge on any atom is -0.481 e. The summed E-state index contributed by atoms with van der Waals surface area (Å²) in [5, 5.41) is 8.22. The van der Waals surface area contributed by atoms with Crippen molar-refractivity contribution < 1.29 is 18.3 Å². The van der Waals surface area contributed by atoms with Crippen LogP contribution in [0.15, 0.2) is 27.8 Å². The monoisotopic (exact) mass is 308 g/mol. The van der Waals surface area contributed by atoms with E-state index in [1.165, 1.54) is 12.3 Å². The van der Waals surface area contributed by atoms with E-state index in [4.69, 9.17) is 5.11 Å². The fraction of sp³-hybridized carbons (Fsp3) is 0.250. The van der Waals surface area contributed by atoms with E-state index in [1.807, 2.05) is 0 Å². The first kappa shape index (κ1) is 13.1. The quantitative estimate of drug-likeness (QED) is 0.830. The third-order valence-electron chi connectivity index (χ3n) is 1.61. The molecule has 1 aromatic rings. The van der Waals surface area contributed by atoms with Crippen molar-refractivity contribution >= 4 is 31.9 Å². The van der Waals surface area contributed by atoms with Crippen LogP contribution in [0.1, 0.15) is 6.42 Å². The van der Waals surface area contributed by atoms with Crippen LogP contribution in [0, 0.1) is 0 Å². The van der Waals surface area contributed by atoms with Crippen LogP contribution in [-0.2, 0) is 14.8 Å². The first-order valence-corrected chi connectivity index (χ1v) is 6.52. The molecule has 0 unspecified atom stereocenters. The van der Waals surface area contributed by atoms with Crippen molar-refractivity contribution in [3.05, 3.63) is 22.8 Å². The number of hydrogen-bond acceptors (Lipinski definition) is 4. The van der Waals surface area contributed by atoms with Gasteiger partial charge >= 0.3 is 5.97 Å². The molecule has 1 heterocycles. The first-order chi connectivity index (χ1) is 7.42. The molecule has 0 amide bonds. The molecule has 1 rings (SSSR count). The van der Waals surface area contributed by atoms with Gasteiger partial charge in [0, 0.05) is 17.2 Å². The normalized spacial score (nSPS) is 11.3. The Labute approximate surface area is 101 Å². The van der Waals surface area contributed by atoms with Crippen molar-refractivity contribution in [3.8, 4) is 0 Å². The molecule has 16 heavy (non-hydrogen) atoms. The van der Waals surface area contributed by atoms with Gasteiger partial charge in [-0.2, -0.15) is 0 Å². The molecule has 0 aliphatic carbocycles. The molecule has 0 fully saturated rings. The van der Waals surface area contributed by atoms with Gasteiger partial charge in [-0.15, -0.1) is 0 Å². The maximum absolute atomic E-state index is 11.5. The maximum Gasteiger partial charge on any atom is 0.304 e. The predicted molar refractivity (Wildman–Crippen MR) is 59.4 cm³/mol. The Kier molecular flexibility index (Phi) is 4.39. The molecule has 0 aliphatic rings. The number of carbonyl (C=O) groups is 1. The van der Waals surface area contributed by atoms with Crippen LogP contribution in [0.5, 0.6) is 0 Å². The Morgan fingerprint density at radius 3 is 2.69 bits per heavy atom. The Balaban J connectivity index is 2.71. The number of hydrogen-bond donors (Lipinski definition) is 2. The van der Waals surface area contributed by atoms with Crippen molar-refractivity contribution in [2.75, 3.05) is 6.54 Å². The molecular weight excluding hydrogens is 300 g/mol. The maximum atomic E-state index is 11.5. The Bertz CT molecular complexity index is 471. The fourth-order valence-electron chi connectivity index (χ4n) is 0.887. The SMILES string of the molecule is O=C(O)CCNS(=O)(=O)c1ccc(Br)cn1. The Hall–Kier alpha value is -0.990. The van der Waals surface area contributed by atoms with Crippen molar-refractivity contribution in [1.29, 1.82) is 0 Å². The highest BCUT2D eigenvalue weighted by atomic mass is 79.9. The lowest BCUT2D eigenvalue weighted by Crippen LogP contribution is -2.26. The van der Waals surface area contributed by atoms with Crippen LogP contribution >= 0.6 is 15.9 Å². The van der Waals surface area contributed by atoms with E-state index in [-0.39, 0.29) is 18.0 Å². The lowest BCUT2D eigenvalue weighted by Gasteiger charge is -2.04. The van der Waals surface area contributed by atoms with Gasteiger partial charge in [0.2, 0.25) is 0 Å². The predicted octanol–water partition coefficient (Wildman–Crippen LogP) is 0.597. The van der Waals surface area contributed by atoms with Gasteiger partial charge in [0.15, 0.2) is 5.03 Å². The number of nitrogens with one attached hydrogen (secondary N) is 1. The molecule has 0 spiro atoms. The summed E-state index contributed by atoms with van der Waals surface area (Å²) >= 11 is 3.13. The molecule has 88 valence electrons. The number of pyridine rings is 1. The van der Waals surface area contributed by atoms with E-state index in [0.717, 1.165) is 0 Å². The number of carboxylic acids is 1. The molecular formula is C8H9BrN2O4S. The van der Waals surface area contributed by atoms with Crippen molar-refractivity contribution in [1.82, 2.24) is 9.71 Å². The van der Waals surface area contributed by atoms with Gasteiger partial charge in [-0.05, 0) is 28.1 Å². The molecule has 0 saturated heterocycles. The summed E-state index contributed by atoms with van der Waals surface area (Å²) in [6.07, 6.45) is 1.08. The van der Waals surface area contributed by atoms with Crippen LogP contribution < -0.4 is 4.72 Å². The highest BCUT2D eigenvalue weighted by Gasteiger charge is 2.15. The fourth-order valence-corrected chi connectivity index (χ4v) is 2.08. The summed E-state index contributed by atoms with van der Waals surface area (Å²) in [4.78, 5) is 13.9. The molecule has 0 aromatic carbocycles. The number of halogens is 1. The zero-order valence-corrected chi connectivity index (χ0v) is 10.5. The highest BCUT2D eigenvalue weighted by molar-refractivity contribution is 9.10. The van der Waals surface area contributed by atoms with Crippen LogP contribution in [0.25, 0.3) is 0 Å². The van der Waals surface area contributed by atoms with Gasteiger partial charge in [0.05, 0.1) is 6.42 Å². The molecule has 2 N–H and O–H groups in total. The average molecular weight is 309 g/mol. The molecule has 0 atom stereocenters. The summed E-state index contributed by atoms with van der Waals surface area (Å²) < 4.78 is 25.9. The highest BCUT2D eigenvalue weighted by Crippen LogP contribution is 2.10. The number of aliphatic carboxylic acids is 1. The van der Waals surface area contributed by atoms with Crippen LogP contribution in [-0.4, -0.2) is 31.0 Å². The number of carboxylic acid groups (broad SMARTS) is 1. The first-order valence-electron chi connectivity index (χ1n) is 4.25. The molecule has 1 aromatic heterocycles. The summed E-state index contributed by atoms with van der Waals surface area (Å²) in [5.41, 5.74) is 0. The largest absolute Gasteiger partial charge is 0.481 e. The molecule has 0 bridgehead atoms. The Morgan fingerprint density at radius 1 is 1.50 bits per heavy atom. The van der Waals surface area contributed by atoms with Crippen molar-refractivity contribution in [2.45, 2.75) is 11.4 Å². The summed E-state index contributed by atoms with van der Waals surface area (Å²) in [7, 11) is -3.72. The van der Waals surface area contributed by atoms with E-state index in [0.29, 0.717) is 4.47 Å². The van der Waals surface area contributed by atoms with Gasteiger partial charge in [-0.25, -0.2) is 18.1 Å². The van der Waals surface area contributed by atoms with Crippen molar-refractivity contribution in [2.24, 2.45) is 0 Å². The van der Waals surface area contributed by atoms with E-state index < -0.39 is 16.0 Å². The minimum absolute atomic E-state index is 0.138. The zero-order chi connectivity index (χ0) is 12.2. The van der Waals surface area contributed by atoms with E-state index >= 15 is 0 Å². The number of sulfonamides is 1. The number of rotatable bonds is 5. The van der Waals surface area contributed by atoms with Crippen LogP contribution in [0.2, 0.25) is 0 Å².